The van der Waals surface area contributed by atoms with Gasteiger partial charge in [0, 0.05) is 17.5 Å². The van der Waals surface area contributed by atoms with E-state index in [4.69, 9.17) is 5.73 Å². The van der Waals surface area contributed by atoms with Gasteiger partial charge in [0.2, 0.25) is 5.91 Å². The van der Waals surface area contributed by atoms with E-state index in [0.29, 0.717) is 19.5 Å². The maximum atomic E-state index is 11.3. The van der Waals surface area contributed by atoms with Crippen molar-refractivity contribution >= 4 is 17.2 Å². The van der Waals surface area contributed by atoms with Gasteiger partial charge in [-0.2, -0.15) is 0 Å². The van der Waals surface area contributed by atoms with Gasteiger partial charge < -0.3 is 11.1 Å². The first-order chi connectivity index (χ1) is 7.22. The molecule has 1 aromatic rings. The molecule has 0 bridgehead atoms. The Balaban J connectivity index is 2.16. The quantitative estimate of drug-likeness (QED) is 0.717. The number of nitrogens with zero attached hydrogens (tertiary/aromatic N) is 1. The highest BCUT2D eigenvalue weighted by Crippen LogP contribution is 2.07. The molecule has 0 aliphatic rings. The van der Waals surface area contributed by atoms with Gasteiger partial charge >= 0.3 is 0 Å². The minimum Gasteiger partial charge on any atom is -0.350 e. The van der Waals surface area contributed by atoms with Gasteiger partial charge in [0.25, 0.3) is 0 Å². The van der Waals surface area contributed by atoms with Crippen LogP contribution in [0.15, 0.2) is 5.38 Å². The van der Waals surface area contributed by atoms with Crippen molar-refractivity contribution in [2.75, 3.05) is 6.54 Å². The Labute approximate surface area is 93.9 Å². The van der Waals surface area contributed by atoms with Gasteiger partial charge in [-0.25, -0.2) is 4.98 Å². The van der Waals surface area contributed by atoms with Crippen molar-refractivity contribution in [3.05, 3.63) is 16.1 Å². The number of rotatable bonds is 6. The third-order valence-electron chi connectivity index (χ3n) is 1.96. The first-order valence-electron chi connectivity index (χ1n) is 5.10. The van der Waals surface area contributed by atoms with E-state index < -0.39 is 0 Å². The summed E-state index contributed by atoms with van der Waals surface area (Å²) in [6.07, 6.45) is 2.32. The molecule has 5 heteroatoms. The van der Waals surface area contributed by atoms with E-state index in [0.717, 1.165) is 23.5 Å². The smallest absolute Gasteiger partial charge is 0.220 e. The second kappa shape index (κ2) is 6.53. The lowest BCUT2D eigenvalue weighted by molar-refractivity contribution is -0.121. The van der Waals surface area contributed by atoms with Gasteiger partial charge in [0.05, 0.1) is 6.54 Å². The van der Waals surface area contributed by atoms with E-state index in [-0.39, 0.29) is 5.91 Å². The van der Waals surface area contributed by atoms with Crippen molar-refractivity contribution in [2.24, 2.45) is 5.73 Å². The fourth-order valence-corrected chi connectivity index (χ4v) is 1.89. The van der Waals surface area contributed by atoms with Crippen LogP contribution in [0.5, 0.6) is 0 Å². The number of amides is 1. The Morgan fingerprint density at radius 1 is 1.60 bits per heavy atom. The van der Waals surface area contributed by atoms with E-state index in [2.05, 4.69) is 10.3 Å². The minimum atomic E-state index is 0.0799. The van der Waals surface area contributed by atoms with Crippen LogP contribution < -0.4 is 11.1 Å². The minimum absolute atomic E-state index is 0.0799. The number of unbranched alkanes of at least 4 members (excludes halogenated alkanes) is 1. The highest BCUT2D eigenvalue weighted by atomic mass is 32.1. The summed E-state index contributed by atoms with van der Waals surface area (Å²) in [6, 6.07) is 0. The average Bonchev–Trinajstić information content (AvgIpc) is 2.62. The van der Waals surface area contributed by atoms with Crippen molar-refractivity contribution in [3.63, 3.8) is 0 Å². The summed E-state index contributed by atoms with van der Waals surface area (Å²) in [5.74, 6) is 0.0799. The van der Waals surface area contributed by atoms with E-state index in [1.165, 1.54) is 0 Å². The number of hydrogen-bond donors (Lipinski definition) is 2. The third-order valence-corrected chi connectivity index (χ3v) is 2.93. The van der Waals surface area contributed by atoms with E-state index in [1.54, 1.807) is 11.3 Å². The molecule has 4 nitrogen and oxygen atoms in total. The molecular weight excluding hydrogens is 210 g/mol. The summed E-state index contributed by atoms with van der Waals surface area (Å²) in [6.45, 7) is 3.14. The highest BCUT2D eigenvalue weighted by molar-refractivity contribution is 7.09. The first kappa shape index (κ1) is 12.1. The number of thiazole rings is 1. The van der Waals surface area contributed by atoms with Gasteiger partial charge in [-0.1, -0.05) is 0 Å². The lowest BCUT2D eigenvalue weighted by Crippen LogP contribution is -2.22. The molecule has 1 amide bonds. The van der Waals surface area contributed by atoms with E-state index >= 15 is 0 Å². The molecule has 0 fully saturated rings. The van der Waals surface area contributed by atoms with E-state index in [9.17, 15) is 4.79 Å². The first-order valence-corrected chi connectivity index (χ1v) is 5.98. The molecule has 0 aromatic carbocycles. The van der Waals surface area contributed by atoms with Crippen molar-refractivity contribution in [1.82, 2.24) is 10.3 Å². The normalized spacial score (nSPS) is 10.3. The second-order valence-corrected chi connectivity index (χ2v) is 4.35. The Hall–Kier alpha value is -0.940. The van der Waals surface area contributed by atoms with Crippen molar-refractivity contribution in [1.29, 1.82) is 0 Å². The molecule has 0 saturated carbocycles. The Morgan fingerprint density at radius 2 is 2.40 bits per heavy atom. The molecular formula is C10H17N3OS. The highest BCUT2D eigenvalue weighted by Gasteiger charge is 2.02. The van der Waals surface area contributed by atoms with Crippen LogP contribution in [0.4, 0.5) is 0 Å². The summed E-state index contributed by atoms with van der Waals surface area (Å²) in [5, 5.41) is 5.78. The monoisotopic (exact) mass is 227 g/mol. The molecule has 0 atom stereocenters. The third kappa shape index (κ3) is 4.90. The van der Waals surface area contributed by atoms with Crippen LogP contribution in [0.2, 0.25) is 0 Å². The summed E-state index contributed by atoms with van der Waals surface area (Å²) < 4.78 is 0. The van der Waals surface area contributed by atoms with Gasteiger partial charge in [-0.3, -0.25) is 4.79 Å². The van der Waals surface area contributed by atoms with Crippen LogP contribution >= 0.6 is 11.3 Å². The second-order valence-electron chi connectivity index (χ2n) is 3.41. The number of aryl methyl sites for hydroxylation is 1. The fraction of sp³-hybridized carbons (Fsp3) is 0.600. The lowest BCUT2D eigenvalue weighted by Gasteiger charge is -2.02. The molecule has 1 rings (SSSR count). The number of hydrogen-bond acceptors (Lipinski definition) is 4. The van der Waals surface area contributed by atoms with Crippen molar-refractivity contribution in [3.8, 4) is 0 Å². The van der Waals surface area contributed by atoms with Crippen molar-refractivity contribution < 1.29 is 4.79 Å². The van der Waals surface area contributed by atoms with Crippen LogP contribution in [0.25, 0.3) is 0 Å². The molecule has 0 spiro atoms. The van der Waals surface area contributed by atoms with Crippen molar-refractivity contribution in [2.45, 2.75) is 32.7 Å². The number of nitrogens with one attached hydrogen (secondary N) is 1. The maximum Gasteiger partial charge on any atom is 0.220 e. The molecule has 0 aliphatic heterocycles. The summed E-state index contributed by atoms with van der Waals surface area (Å²) >= 11 is 1.57. The molecule has 0 saturated heterocycles. The number of carbonyl (C=O) groups is 1. The zero-order valence-electron chi connectivity index (χ0n) is 8.95. The molecule has 1 aromatic heterocycles. The predicted molar refractivity (Wildman–Crippen MR) is 61.6 cm³/mol. The lowest BCUT2D eigenvalue weighted by atomic mass is 10.2. The van der Waals surface area contributed by atoms with Gasteiger partial charge in [-0.15, -0.1) is 11.3 Å². The molecule has 3 N–H and O–H groups in total. The number of carbonyl (C=O) groups excluding carboxylic acids is 1. The maximum absolute atomic E-state index is 11.3. The van der Waals surface area contributed by atoms with E-state index in [1.807, 2.05) is 12.3 Å². The van der Waals surface area contributed by atoms with Crippen LogP contribution in [-0.4, -0.2) is 17.4 Å². The van der Waals surface area contributed by atoms with Crippen LogP contribution in [0.1, 0.15) is 30.0 Å². The fourth-order valence-electron chi connectivity index (χ4n) is 1.18. The van der Waals surface area contributed by atoms with Gasteiger partial charge in [0.1, 0.15) is 5.01 Å². The summed E-state index contributed by atoms with van der Waals surface area (Å²) in [7, 11) is 0. The zero-order chi connectivity index (χ0) is 11.1. The SMILES string of the molecule is Cc1csc(CNC(=O)CCCCN)n1. The van der Waals surface area contributed by atoms with Gasteiger partial charge in [-0.05, 0) is 26.3 Å². The van der Waals surface area contributed by atoms with Crippen LogP contribution in [0.3, 0.4) is 0 Å². The average molecular weight is 227 g/mol. The molecule has 15 heavy (non-hydrogen) atoms. The molecule has 84 valence electrons. The van der Waals surface area contributed by atoms with Gasteiger partial charge in [0.15, 0.2) is 0 Å². The zero-order valence-corrected chi connectivity index (χ0v) is 9.77. The number of aromatic nitrogens is 1. The number of nitrogens with two attached hydrogens (primary N) is 1. The van der Waals surface area contributed by atoms with Crippen LogP contribution in [-0.2, 0) is 11.3 Å². The predicted octanol–water partition coefficient (Wildman–Crippen LogP) is 1.20. The largest absolute Gasteiger partial charge is 0.350 e. The van der Waals surface area contributed by atoms with Crippen LogP contribution in [0, 0.1) is 6.92 Å². The summed E-state index contributed by atoms with van der Waals surface area (Å²) in [5.41, 5.74) is 6.35. The Bertz CT molecular complexity index is 311. The molecule has 1 heterocycles. The molecule has 0 unspecified atom stereocenters. The Kier molecular flexibility index (Phi) is 5.28. The topological polar surface area (TPSA) is 68.0 Å². The molecule has 0 aliphatic carbocycles. The molecule has 0 radical (unpaired) electrons. The summed E-state index contributed by atoms with van der Waals surface area (Å²) in [4.78, 5) is 15.6. The Morgan fingerprint density at radius 3 is 3.00 bits per heavy atom. The standard InChI is InChI=1S/C10H17N3OS/c1-8-7-15-10(13-8)6-12-9(14)4-2-3-5-11/h7H,2-6,11H2,1H3,(H,12,14).